The van der Waals surface area contributed by atoms with E-state index < -0.39 is 0 Å². The first-order valence-electron chi connectivity index (χ1n) is 23.7. The molecule has 12 atom stereocenters. The molecule has 0 bridgehead atoms. The van der Waals surface area contributed by atoms with Crippen molar-refractivity contribution in [3.05, 3.63) is 26.5 Å². The Bertz CT molecular complexity index is 926. The third kappa shape index (κ3) is 15.7. The SMILES string of the molecule is [CH2-]C(CCCC(C1CCC(C2CCC(CCC)C3C(CCCC)CCCC23)CC1)C1CCCCC1CCCCC(CC)C(N)CC=CC)C(C)S.[CH3-].[K+]. The molecule has 4 aliphatic rings. The second-order valence-corrected chi connectivity index (χ2v) is 20.1. The molecule has 4 saturated carbocycles. The quantitative estimate of drug-likeness (QED) is 0.0370. The standard InChI is InChI=1S/C49H90NS.CH3.K/c1-7-11-21-43-25-18-28-47-46(35-34-42(19-9-3)49(43)47)41-32-30-40(31-33-41)45(27-17-20-36(5)37(6)51)44-26-16-15-24-39(44)23-14-13-22-38(10-4)48(50)29-12-8-2;;/h8,12,36-49,51H,5,7,9-11,13-35,50H2,1-4,6H3;1H3;/q2*-1;+1. The van der Waals surface area contributed by atoms with Gasteiger partial charge < -0.3 is 20.1 Å². The number of hydrogen-bond donors (Lipinski definition) is 2. The Labute approximate surface area is 382 Å². The predicted octanol–water partition coefficient (Wildman–Crippen LogP) is 12.5. The topological polar surface area (TPSA) is 26.0 Å². The van der Waals surface area contributed by atoms with Crippen molar-refractivity contribution in [2.24, 2.45) is 76.7 Å². The molecule has 0 radical (unpaired) electrons. The van der Waals surface area contributed by atoms with Crippen molar-refractivity contribution in [1.29, 1.82) is 0 Å². The van der Waals surface area contributed by atoms with Crippen molar-refractivity contribution in [2.45, 2.75) is 219 Å². The third-order valence-electron chi connectivity index (χ3n) is 16.2. The Morgan fingerprint density at radius 3 is 2.09 bits per heavy atom. The summed E-state index contributed by atoms with van der Waals surface area (Å²) in [6.07, 6.45) is 43.7. The van der Waals surface area contributed by atoms with E-state index in [9.17, 15) is 0 Å². The van der Waals surface area contributed by atoms with Crippen LogP contribution in [0.2, 0.25) is 0 Å². The molecule has 0 saturated heterocycles. The molecule has 53 heavy (non-hydrogen) atoms. The van der Waals surface area contributed by atoms with Gasteiger partial charge in [-0.3, -0.25) is 0 Å². The van der Waals surface area contributed by atoms with E-state index in [0.29, 0.717) is 23.1 Å². The minimum absolute atomic E-state index is 0. The molecule has 4 fully saturated rings. The molecular formula is C50H93KNS-. The van der Waals surface area contributed by atoms with Crippen molar-refractivity contribution in [3.8, 4) is 0 Å². The van der Waals surface area contributed by atoms with Gasteiger partial charge in [0.2, 0.25) is 0 Å². The molecule has 2 N–H and O–H groups in total. The van der Waals surface area contributed by atoms with E-state index >= 15 is 0 Å². The zero-order chi connectivity index (χ0) is 36.6. The maximum absolute atomic E-state index is 6.64. The fraction of sp³-hybridized carbons (Fsp3) is 0.920. The van der Waals surface area contributed by atoms with Gasteiger partial charge in [0.05, 0.1) is 0 Å². The van der Waals surface area contributed by atoms with Crippen LogP contribution in [0.25, 0.3) is 0 Å². The smallest absolute Gasteiger partial charge is 0.358 e. The largest absolute Gasteiger partial charge is 1.00 e. The Morgan fingerprint density at radius 2 is 1.42 bits per heavy atom. The summed E-state index contributed by atoms with van der Waals surface area (Å²) in [7, 11) is 0. The average molecular weight is 779 g/mol. The summed E-state index contributed by atoms with van der Waals surface area (Å²) < 4.78 is 0. The van der Waals surface area contributed by atoms with Crippen LogP contribution in [-0.4, -0.2) is 11.3 Å². The van der Waals surface area contributed by atoms with Crippen LogP contribution in [-0.2, 0) is 0 Å². The van der Waals surface area contributed by atoms with Crippen LogP contribution in [0.15, 0.2) is 12.2 Å². The van der Waals surface area contributed by atoms with Gasteiger partial charge in [0.25, 0.3) is 0 Å². The zero-order valence-electron chi connectivity index (χ0n) is 37.1. The molecule has 0 amide bonds. The molecule has 0 aliphatic heterocycles. The van der Waals surface area contributed by atoms with Crippen LogP contribution < -0.4 is 57.1 Å². The predicted molar refractivity (Wildman–Crippen MR) is 237 cm³/mol. The molecule has 12 unspecified atom stereocenters. The summed E-state index contributed by atoms with van der Waals surface area (Å²) in [6.45, 7) is 16.1. The Balaban J connectivity index is 0.00000486. The second-order valence-electron chi connectivity index (χ2n) is 19.3. The summed E-state index contributed by atoms with van der Waals surface area (Å²) in [5, 5.41) is 0.414. The fourth-order valence-corrected chi connectivity index (χ4v) is 13.5. The van der Waals surface area contributed by atoms with Crippen LogP contribution in [0.3, 0.4) is 0 Å². The number of nitrogens with two attached hydrogens (primary N) is 1. The van der Waals surface area contributed by atoms with E-state index in [0.717, 1.165) is 65.6 Å². The number of fused-ring (bicyclic) bond motifs is 1. The van der Waals surface area contributed by atoms with Crippen molar-refractivity contribution < 1.29 is 51.4 Å². The minimum Gasteiger partial charge on any atom is -0.358 e. The second kappa shape index (κ2) is 28.2. The van der Waals surface area contributed by atoms with Crippen LogP contribution in [0, 0.1) is 85.4 Å². The minimum atomic E-state index is 0. The van der Waals surface area contributed by atoms with Gasteiger partial charge in [0.1, 0.15) is 0 Å². The zero-order valence-corrected chi connectivity index (χ0v) is 41.1. The average Bonchev–Trinajstić information content (AvgIpc) is 3.15. The van der Waals surface area contributed by atoms with E-state index in [1.165, 1.54) is 116 Å². The van der Waals surface area contributed by atoms with Crippen LogP contribution in [0.4, 0.5) is 0 Å². The molecule has 0 heterocycles. The first-order valence-corrected chi connectivity index (χ1v) is 24.2. The van der Waals surface area contributed by atoms with Crippen molar-refractivity contribution >= 4 is 12.6 Å². The van der Waals surface area contributed by atoms with Crippen molar-refractivity contribution in [3.63, 3.8) is 0 Å². The van der Waals surface area contributed by atoms with E-state index in [1.807, 2.05) is 0 Å². The molecule has 4 rings (SSSR count). The monoisotopic (exact) mass is 779 g/mol. The molecule has 3 heteroatoms. The first-order chi connectivity index (χ1) is 24.8. The van der Waals surface area contributed by atoms with E-state index in [1.54, 1.807) is 51.4 Å². The van der Waals surface area contributed by atoms with Crippen LogP contribution >= 0.6 is 12.6 Å². The fourth-order valence-electron chi connectivity index (χ4n) is 13.3. The Kier molecular flexibility index (Phi) is 27.1. The van der Waals surface area contributed by atoms with E-state index in [-0.39, 0.29) is 58.8 Å². The van der Waals surface area contributed by atoms with E-state index in [2.05, 4.69) is 53.7 Å². The van der Waals surface area contributed by atoms with Gasteiger partial charge in [-0.15, -0.1) is 0 Å². The van der Waals surface area contributed by atoms with Gasteiger partial charge in [0, 0.05) is 6.04 Å². The molecule has 0 aromatic heterocycles. The van der Waals surface area contributed by atoms with Crippen LogP contribution in [0.1, 0.15) is 208 Å². The Hall–Kier alpha value is 1.69. The number of hydrogen-bond acceptors (Lipinski definition) is 2. The third-order valence-corrected chi connectivity index (χ3v) is 16.6. The summed E-state index contributed by atoms with van der Waals surface area (Å²) in [5.41, 5.74) is 6.64. The number of thiol groups is 1. The number of rotatable bonds is 22. The van der Waals surface area contributed by atoms with Gasteiger partial charge in [0.15, 0.2) is 0 Å². The van der Waals surface area contributed by atoms with E-state index in [4.69, 9.17) is 18.4 Å². The van der Waals surface area contributed by atoms with Crippen molar-refractivity contribution in [1.82, 2.24) is 0 Å². The van der Waals surface area contributed by atoms with Gasteiger partial charge in [-0.25, -0.2) is 0 Å². The molecule has 4 aliphatic carbocycles. The normalized spacial score (nSPS) is 33.5. The summed E-state index contributed by atoms with van der Waals surface area (Å²) in [5.74, 6) is 11.4. The van der Waals surface area contributed by atoms with Gasteiger partial charge >= 0.3 is 51.4 Å². The Morgan fingerprint density at radius 1 is 0.717 bits per heavy atom. The van der Waals surface area contributed by atoms with Gasteiger partial charge in [-0.1, -0.05) is 143 Å². The maximum atomic E-state index is 6.64. The molecule has 306 valence electrons. The molecule has 0 aromatic carbocycles. The van der Waals surface area contributed by atoms with Gasteiger partial charge in [-0.2, -0.15) is 18.5 Å². The molecule has 0 aromatic rings. The van der Waals surface area contributed by atoms with Crippen molar-refractivity contribution in [2.75, 3.05) is 0 Å². The number of allylic oxidation sites excluding steroid dienone is 1. The summed E-state index contributed by atoms with van der Waals surface area (Å²) >= 11 is 4.79. The first kappa shape index (κ1) is 50.8. The number of unbranched alkanes of at least 4 members (excludes halogenated alkanes) is 2. The maximum Gasteiger partial charge on any atom is 1.00 e. The van der Waals surface area contributed by atoms with Crippen LogP contribution in [0.5, 0.6) is 0 Å². The molecule has 1 nitrogen and oxygen atoms in total. The summed E-state index contributed by atoms with van der Waals surface area (Å²) in [4.78, 5) is 0. The molecular weight excluding hydrogens is 686 g/mol. The summed E-state index contributed by atoms with van der Waals surface area (Å²) in [6, 6.07) is 0.336. The molecule has 0 spiro atoms. The van der Waals surface area contributed by atoms with Gasteiger partial charge in [-0.05, 0) is 148 Å².